The van der Waals surface area contributed by atoms with Crippen molar-refractivity contribution in [2.45, 2.75) is 20.8 Å². The van der Waals surface area contributed by atoms with Crippen molar-refractivity contribution in [3.8, 4) is 0 Å². The van der Waals surface area contributed by atoms with Crippen molar-refractivity contribution < 1.29 is 8.83 Å². The van der Waals surface area contributed by atoms with Crippen LogP contribution in [0.25, 0.3) is 33.0 Å². The first-order valence-electron chi connectivity index (χ1n) is 6.32. The van der Waals surface area contributed by atoms with Gasteiger partial charge in [0.25, 0.3) is 0 Å². The summed E-state index contributed by atoms with van der Waals surface area (Å²) in [4.78, 5) is 4.35. The molecule has 0 atom stereocenters. The van der Waals surface area contributed by atoms with Gasteiger partial charge in [-0.05, 0) is 37.1 Å². The highest BCUT2D eigenvalue weighted by atomic mass is 16.3. The summed E-state index contributed by atoms with van der Waals surface area (Å²) in [6.07, 6.45) is 0. The molecular formula is C16H13NO2. The van der Waals surface area contributed by atoms with Crippen molar-refractivity contribution in [2.75, 3.05) is 0 Å². The zero-order valence-electron chi connectivity index (χ0n) is 11.1. The number of hydrogen-bond donors (Lipinski definition) is 0. The first-order chi connectivity index (χ1) is 9.11. The number of oxazole rings is 1. The van der Waals surface area contributed by atoms with Crippen LogP contribution in [0.3, 0.4) is 0 Å². The van der Waals surface area contributed by atoms with Gasteiger partial charge < -0.3 is 8.83 Å². The number of nitrogens with zero attached hydrogens (tertiary/aromatic N) is 1. The summed E-state index contributed by atoms with van der Waals surface area (Å²) in [5.41, 5.74) is 5.87. The third-order valence-corrected chi connectivity index (χ3v) is 3.52. The summed E-state index contributed by atoms with van der Waals surface area (Å²) < 4.78 is 11.6. The van der Waals surface area contributed by atoms with Gasteiger partial charge in [-0.15, -0.1) is 0 Å². The largest absolute Gasteiger partial charge is 0.456 e. The molecule has 0 fully saturated rings. The van der Waals surface area contributed by atoms with Crippen molar-refractivity contribution in [2.24, 2.45) is 0 Å². The number of aryl methyl sites for hydroxylation is 3. The molecule has 0 aliphatic carbocycles. The maximum Gasteiger partial charge on any atom is 0.192 e. The van der Waals surface area contributed by atoms with Crippen LogP contribution in [0.4, 0.5) is 0 Å². The Labute approximate surface area is 109 Å². The van der Waals surface area contributed by atoms with E-state index in [9.17, 15) is 0 Å². The molecule has 94 valence electrons. The van der Waals surface area contributed by atoms with Crippen LogP contribution in [0.2, 0.25) is 0 Å². The highest BCUT2D eigenvalue weighted by Gasteiger charge is 2.13. The van der Waals surface area contributed by atoms with E-state index < -0.39 is 0 Å². The highest BCUT2D eigenvalue weighted by Crippen LogP contribution is 2.34. The van der Waals surface area contributed by atoms with E-state index in [1.54, 1.807) is 0 Å². The van der Waals surface area contributed by atoms with Crippen LogP contribution < -0.4 is 0 Å². The average molecular weight is 251 g/mol. The number of fused-ring (bicyclic) bond motifs is 4. The van der Waals surface area contributed by atoms with Gasteiger partial charge in [-0.1, -0.05) is 6.07 Å². The molecule has 0 amide bonds. The normalized spacial score (nSPS) is 11.9. The molecule has 0 aliphatic rings. The van der Waals surface area contributed by atoms with Crippen molar-refractivity contribution in [3.63, 3.8) is 0 Å². The molecule has 0 saturated heterocycles. The maximum atomic E-state index is 5.97. The second-order valence-corrected chi connectivity index (χ2v) is 5.11. The van der Waals surface area contributed by atoms with E-state index in [1.165, 1.54) is 5.56 Å². The zero-order chi connectivity index (χ0) is 13.1. The molecular weight excluding hydrogens is 238 g/mol. The fraction of sp³-hybridized carbons (Fsp3) is 0.188. The van der Waals surface area contributed by atoms with E-state index in [-0.39, 0.29) is 0 Å². The van der Waals surface area contributed by atoms with E-state index in [2.05, 4.69) is 31.0 Å². The lowest BCUT2D eigenvalue weighted by Crippen LogP contribution is -1.77. The van der Waals surface area contributed by atoms with Crippen molar-refractivity contribution in [1.82, 2.24) is 4.98 Å². The molecule has 0 radical (unpaired) electrons. The highest BCUT2D eigenvalue weighted by molar-refractivity contribution is 6.09. The van der Waals surface area contributed by atoms with E-state index >= 15 is 0 Å². The summed E-state index contributed by atoms with van der Waals surface area (Å²) in [7, 11) is 0. The molecule has 0 N–H and O–H groups in total. The SMILES string of the molecule is Cc1cc(C)c2oc3cc4nc(C)oc4cc3c2c1. The van der Waals surface area contributed by atoms with E-state index in [0.717, 1.165) is 38.6 Å². The first-order valence-corrected chi connectivity index (χ1v) is 6.32. The predicted molar refractivity (Wildman–Crippen MR) is 75.5 cm³/mol. The van der Waals surface area contributed by atoms with Gasteiger partial charge in [-0.2, -0.15) is 0 Å². The van der Waals surface area contributed by atoms with Gasteiger partial charge in [0.05, 0.1) is 0 Å². The standard InChI is InChI=1S/C16H13NO2/c1-8-4-9(2)16-12(5-8)11-6-15-13(7-14(11)19-16)17-10(3)18-15/h4-7H,1-3H3. The molecule has 0 unspecified atom stereocenters. The Kier molecular flexibility index (Phi) is 1.89. The third kappa shape index (κ3) is 1.41. The van der Waals surface area contributed by atoms with Gasteiger partial charge in [0, 0.05) is 23.8 Å². The summed E-state index contributed by atoms with van der Waals surface area (Å²) in [5, 5.41) is 2.23. The minimum absolute atomic E-state index is 0.680. The molecule has 0 spiro atoms. The molecule has 4 aromatic rings. The monoisotopic (exact) mass is 251 g/mol. The van der Waals surface area contributed by atoms with Gasteiger partial charge in [-0.3, -0.25) is 0 Å². The van der Waals surface area contributed by atoms with Crippen LogP contribution in [0.15, 0.2) is 33.1 Å². The molecule has 4 rings (SSSR count). The Hall–Kier alpha value is -2.29. The number of aromatic nitrogens is 1. The van der Waals surface area contributed by atoms with Crippen LogP contribution in [0.5, 0.6) is 0 Å². The third-order valence-electron chi connectivity index (χ3n) is 3.52. The zero-order valence-corrected chi connectivity index (χ0v) is 11.1. The molecule has 0 aliphatic heterocycles. The number of benzene rings is 2. The molecule has 3 heteroatoms. The van der Waals surface area contributed by atoms with Gasteiger partial charge in [-0.25, -0.2) is 4.98 Å². The Balaban J connectivity index is 2.24. The van der Waals surface area contributed by atoms with Crippen LogP contribution in [0, 0.1) is 20.8 Å². The minimum atomic E-state index is 0.680. The topological polar surface area (TPSA) is 39.2 Å². The molecule has 0 bridgehead atoms. The molecule has 2 aromatic heterocycles. The molecule has 3 nitrogen and oxygen atoms in total. The summed E-state index contributed by atoms with van der Waals surface area (Å²) >= 11 is 0. The summed E-state index contributed by atoms with van der Waals surface area (Å²) in [6, 6.07) is 8.27. The van der Waals surface area contributed by atoms with E-state index in [0.29, 0.717) is 5.89 Å². The average Bonchev–Trinajstić information content (AvgIpc) is 2.85. The lowest BCUT2D eigenvalue weighted by molar-refractivity contribution is 0.561. The van der Waals surface area contributed by atoms with Gasteiger partial charge in [0.1, 0.15) is 16.7 Å². The lowest BCUT2D eigenvalue weighted by Gasteiger charge is -1.97. The quantitative estimate of drug-likeness (QED) is 0.456. The number of furan rings is 1. The van der Waals surface area contributed by atoms with Crippen LogP contribution in [-0.4, -0.2) is 4.98 Å². The van der Waals surface area contributed by atoms with E-state index in [4.69, 9.17) is 8.83 Å². The number of rotatable bonds is 0. The minimum Gasteiger partial charge on any atom is -0.456 e. The Bertz CT molecular complexity index is 944. The predicted octanol–water partition coefficient (Wildman–Crippen LogP) is 4.65. The number of hydrogen-bond acceptors (Lipinski definition) is 3. The second-order valence-electron chi connectivity index (χ2n) is 5.11. The Morgan fingerprint density at radius 1 is 0.842 bits per heavy atom. The van der Waals surface area contributed by atoms with Gasteiger partial charge >= 0.3 is 0 Å². The van der Waals surface area contributed by atoms with Crippen molar-refractivity contribution in [1.29, 1.82) is 0 Å². The van der Waals surface area contributed by atoms with Gasteiger partial charge in [0.2, 0.25) is 0 Å². The second kappa shape index (κ2) is 3.38. The Morgan fingerprint density at radius 2 is 1.68 bits per heavy atom. The first kappa shape index (κ1) is 10.6. The molecule has 2 heterocycles. The molecule has 19 heavy (non-hydrogen) atoms. The fourth-order valence-corrected chi connectivity index (χ4v) is 2.76. The summed E-state index contributed by atoms with van der Waals surface area (Å²) in [6.45, 7) is 6.03. The van der Waals surface area contributed by atoms with Crippen LogP contribution in [-0.2, 0) is 0 Å². The molecule has 2 aromatic carbocycles. The van der Waals surface area contributed by atoms with E-state index in [1.807, 2.05) is 19.1 Å². The smallest absolute Gasteiger partial charge is 0.192 e. The maximum absolute atomic E-state index is 5.97. The lowest BCUT2D eigenvalue weighted by atomic mass is 10.1. The van der Waals surface area contributed by atoms with Crippen molar-refractivity contribution in [3.05, 3.63) is 41.3 Å². The fourth-order valence-electron chi connectivity index (χ4n) is 2.76. The van der Waals surface area contributed by atoms with Crippen LogP contribution >= 0.6 is 0 Å². The van der Waals surface area contributed by atoms with Crippen molar-refractivity contribution >= 4 is 33.0 Å². The molecule has 0 saturated carbocycles. The van der Waals surface area contributed by atoms with Crippen LogP contribution in [0.1, 0.15) is 17.0 Å². The Morgan fingerprint density at radius 3 is 2.53 bits per heavy atom. The van der Waals surface area contributed by atoms with Gasteiger partial charge in [0.15, 0.2) is 11.5 Å². The summed E-state index contributed by atoms with van der Waals surface area (Å²) in [5.74, 6) is 0.680.